The molecule has 4 aliphatic heterocycles. The number of pyridine rings is 1. The Balaban J connectivity index is 1.45. The van der Waals surface area contributed by atoms with Gasteiger partial charge >= 0.3 is 0 Å². The van der Waals surface area contributed by atoms with E-state index in [1.807, 2.05) is 0 Å². The predicted molar refractivity (Wildman–Crippen MR) is 174 cm³/mol. The number of sulfone groups is 1. The number of hydrogen-bond donors (Lipinski definition) is 0. The molecule has 8 bridgehead atoms. The molecule has 242 valence electrons. The van der Waals surface area contributed by atoms with Gasteiger partial charge in [-0.1, -0.05) is 37.5 Å². The van der Waals surface area contributed by atoms with Crippen molar-refractivity contribution in [2.75, 3.05) is 36.0 Å². The molecule has 2 saturated heterocycles. The van der Waals surface area contributed by atoms with Crippen LogP contribution in [-0.4, -0.2) is 67.0 Å². The molecule has 0 aliphatic carbocycles. The number of aromatic nitrogens is 3. The van der Waals surface area contributed by atoms with Crippen LogP contribution in [0.5, 0.6) is 0 Å². The molecule has 1 aromatic carbocycles. The highest BCUT2D eigenvalue weighted by molar-refractivity contribution is 7.91. The molecule has 1 atom stereocenters. The second kappa shape index (κ2) is 12.7. The lowest BCUT2D eigenvalue weighted by Crippen LogP contribution is -2.48. The summed E-state index contributed by atoms with van der Waals surface area (Å²) in [6, 6.07) is 9.64. The fourth-order valence-corrected chi connectivity index (χ4v) is 8.75. The Morgan fingerprint density at radius 1 is 1.02 bits per heavy atom. The van der Waals surface area contributed by atoms with Crippen LogP contribution >= 0.6 is 0 Å². The van der Waals surface area contributed by atoms with Gasteiger partial charge in [-0.15, -0.1) is 0 Å². The van der Waals surface area contributed by atoms with Crippen molar-refractivity contribution in [3.63, 3.8) is 0 Å². The molecule has 0 spiro atoms. The number of fused-ring (bicyclic) bond motifs is 8. The number of aryl methyl sites for hydroxylation is 1. The van der Waals surface area contributed by atoms with E-state index < -0.39 is 27.2 Å². The third-order valence-corrected chi connectivity index (χ3v) is 11.8. The van der Waals surface area contributed by atoms with E-state index in [9.17, 15) is 18.5 Å². The number of halogens is 2. The van der Waals surface area contributed by atoms with Gasteiger partial charge in [0, 0.05) is 43.2 Å². The molecule has 2 fully saturated rings. The maximum absolute atomic E-state index is 15.5. The van der Waals surface area contributed by atoms with Gasteiger partial charge in [0.05, 0.1) is 28.4 Å². The van der Waals surface area contributed by atoms with Gasteiger partial charge in [0.1, 0.15) is 27.6 Å². The third-order valence-electron chi connectivity index (χ3n) is 10.2. The van der Waals surface area contributed by atoms with Gasteiger partial charge < -0.3 is 9.71 Å². The van der Waals surface area contributed by atoms with E-state index >= 15 is 8.78 Å². The van der Waals surface area contributed by atoms with Gasteiger partial charge in [-0.3, -0.25) is 9.36 Å². The lowest BCUT2D eigenvalue weighted by atomic mass is 9.77. The van der Waals surface area contributed by atoms with E-state index in [0.29, 0.717) is 42.7 Å². The molecule has 3 aromatic rings. The molecule has 0 unspecified atom stereocenters. The average molecular weight is 649 g/mol. The largest absolute Gasteiger partial charge is 0.403 e. The number of benzene rings is 1. The molecule has 0 N–H and O–H groups in total. The van der Waals surface area contributed by atoms with Crippen molar-refractivity contribution < 1.29 is 17.2 Å². The molecule has 0 amide bonds. The SMILES string of the molecule is [B]N1c2ncnc3c2cc(C2(C#N)CCS(=O)(=O)CC2)c(=O)n3CCCCCCCN2CC(C2)CC(F)(F)c2cccc(c2)[C@H]1C. The number of rotatable bonds is 1. The first-order valence-electron chi connectivity index (χ1n) is 16.2. The zero-order valence-corrected chi connectivity index (χ0v) is 27.0. The molecule has 2 radical (unpaired) electrons. The van der Waals surface area contributed by atoms with E-state index in [1.54, 1.807) is 29.7 Å². The van der Waals surface area contributed by atoms with Gasteiger partial charge in [0.25, 0.3) is 11.5 Å². The van der Waals surface area contributed by atoms with Crippen molar-refractivity contribution >= 4 is 34.7 Å². The molecule has 4 aliphatic rings. The summed E-state index contributed by atoms with van der Waals surface area (Å²) in [5.41, 5.74) is -0.568. The molecule has 0 saturated carbocycles. The molecule has 6 heterocycles. The third kappa shape index (κ3) is 6.30. The second-order valence-corrected chi connectivity index (χ2v) is 15.6. The Labute approximate surface area is 270 Å². The summed E-state index contributed by atoms with van der Waals surface area (Å²) in [5, 5.41) is 10.8. The molecule has 9 nitrogen and oxygen atoms in total. The van der Waals surface area contributed by atoms with Crippen LogP contribution in [0.15, 0.2) is 41.5 Å². The highest BCUT2D eigenvalue weighted by Crippen LogP contribution is 2.40. The van der Waals surface area contributed by atoms with Gasteiger partial charge in [-0.25, -0.2) is 27.2 Å². The fourth-order valence-electron chi connectivity index (χ4n) is 7.23. The van der Waals surface area contributed by atoms with Crippen LogP contribution in [0.1, 0.15) is 81.0 Å². The summed E-state index contributed by atoms with van der Waals surface area (Å²) in [5.74, 6) is -3.13. The zero-order valence-electron chi connectivity index (χ0n) is 26.2. The van der Waals surface area contributed by atoms with E-state index in [-0.39, 0.29) is 59.2 Å². The molecule has 46 heavy (non-hydrogen) atoms. The highest BCUT2D eigenvalue weighted by Gasteiger charge is 2.42. The summed E-state index contributed by atoms with van der Waals surface area (Å²) in [6.45, 7) is 4.41. The maximum atomic E-state index is 15.5. The van der Waals surface area contributed by atoms with Crippen molar-refractivity contribution in [1.29, 1.82) is 5.26 Å². The van der Waals surface area contributed by atoms with Gasteiger partial charge in [0.2, 0.25) is 7.98 Å². The van der Waals surface area contributed by atoms with Crippen LogP contribution < -0.4 is 10.4 Å². The first-order chi connectivity index (χ1) is 21.9. The van der Waals surface area contributed by atoms with Crippen molar-refractivity contribution in [3.8, 4) is 6.07 Å². The Morgan fingerprint density at radius 3 is 2.43 bits per heavy atom. The molecular formula is C33H39BF2N6O3S. The lowest BCUT2D eigenvalue weighted by Gasteiger charge is -2.41. The number of hydrogen-bond acceptors (Lipinski definition) is 8. The second-order valence-electron chi connectivity index (χ2n) is 13.3. The first-order valence-corrected chi connectivity index (χ1v) is 18.0. The lowest BCUT2D eigenvalue weighted by molar-refractivity contribution is -0.0568. The summed E-state index contributed by atoms with van der Waals surface area (Å²) in [6.07, 6.45) is 5.68. The summed E-state index contributed by atoms with van der Waals surface area (Å²) in [7, 11) is 3.39. The monoisotopic (exact) mass is 648 g/mol. The summed E-state index contributed by atoms with van der Waals surface area (Å²) >= 11 is 0. The van der Waals surface area contributed by atoms with E-state index in [1.165, 1.54) is 23.3 Å². The van der Waals surface area contributed by atoms with Gasteiger partial charge in [-0.05, 0) is 62.8 Å². The van der Waals surface area contributed by atoms with Crippen LogP contribution in [0.3, 0.4) is 0 Å². The Hall–Kier alpha value is -3.37. The van der Waals surface area contributed by atoms with Crippen molar-refractivity contribution in [3.05, 3.63) is 63.7 Å². The number of anilines is 1. The number of alkyl halides is 2. The minimum atomic E-state index is -3.31. The van der Waals surface area contributed by atoms with Crippen LogP contribution in [0.25, 0.3) is 11.0 Å². The first kappa shape index (κ1) is 32.6. The zero-order chi connectivity index (χ0) is 32.7. The summed E-state index contributed by atoms with van der Waals surface area (Å²) in [4.78, 5) is 26.7. The molecular weight excluding hydrogens is 609 g/mol. The smallest absolute Gasteiger partial charge is 0.273 e. The van der Waals surface area contributed by atoms with Crippen LogP contribution in [-0.2, 0) is 27.7 Å². The van der Waals surface area contributed by atoms with Gasteiger partial charge in [0.15, 0.2) is 0 Å². The Morgan fingerprint density at radius 2 is 1.72 bits per heavy atom. The van der Waals surface area contributed by atoms with E-state index in [0.717, 1.165) is 32.2 Å². The molecule has 2 aromatic heterocycles. The predicted octanol–water partition coefficient (Wildman–Crippen LogP) is 4.79. The maximum Gasteiger partial charge on any atom is 0.273 e. The Kier molecular flexibility index (Phi) is 8.98. The van der Waals surface area contributed by atoms with E-state index in [4.69, 9.17) is 7.98 Å². The Bertz CT molecular complexity index is 1810. The summed E-state index contributed by atoms with van der Waals surface area (Å²) < 4.78 is 57.3. The topological polar surface area (TPSA) is 112 Å². The van der Waals surface area contributed by atoms with Crippen molar-refractivity contribution in [1.82, 2.24) is 19.4 Å². The van der Waals surface area contributed by atoms with Crippen molar-refractivity contribution in [2.24, 2.45) is 5.92 Å². The normalized spacial score (nSPS) is 26.4. The minimum Gasteiger partial charge on any atom is -0.403 e. The van der Waals surface area contributed by atoms with E-state index in [2.05, 4.69) is 20.9 Å². The average Bonchev–Trinajstić information content (AvgIpc) is 3.02. The van der Waals surface area contributed by atoms with Crippen LogP contribution in [0, 0.1) is 17.2 Å². The standard InChI is InChI=1S/C33H39BF2N6O3S/c1-23-25-8-7-9-26(16-25)33(35,36)18-24-19-40(20-24)12-5-3-2-4-6-13-41-29-27(30(42(23)34)39-22-38-29)17-28(31(41)43)32(21-37)10-14-46(44,45)15-11-32/h7-9,16-17,22-24H,2-6,10-15,18-20H2,1H3/t23-/m1/s1. The molecule has 7 rings (SSSR count). The van der Waals surface area contributed by atoms with Crippen LogP contribution in [0.2, 0.25) is 0 Å². The quantitative estimate of drug-likeness (QED) is 0.347. The number of nitrogens with zero attached hydrogens (tertiary/aromatic N) is 6. The van der Waals surface area contributed by atoms with Gasteiger partial charge in [-0.2, -0.15) is 5.26 Å². The molecule has 13 heteroatoms. The fraction of sp³-hybridized carbons (Fsp3) is 0.576. The number of nitriles is 1. The van der Waals surface area contributed by atoms with Crippen molar-refractivity contribution in [2.45, 2.75) is 82.2 Å². The minimum absolute atomic E-state index is 0.0111. The highest BCUT2D eigenvalue weighted by atomic mass is 32.2. The van der Waals surface area contributed by atoms with Crippen LogP contribution in [0.4, 0.5) is 14.6 Å².